The van der Waals surface area contributed by atoms with Crippen LogP contribution >= 0.6 is 22.6 Å². The summed E-state index contributed by atoms with van der Waals surface area (Å²) in [4.78, 5) is 22.2. The smallest absolute Gasteiger partial charge is 0.229 e. The average molecular weight is 526 g/mol. The fourth-order valence-electron chi connectivity index (χ4n) is 4.10. The SMILES string of the molecule is Nc1ccc(-c2cnc(NC(=O)Cc3ccc(I)cc3)c(CC3CCCCC3)n2)cc1. The van der Waals surface area contributed by atoms with Gasteiger partial charge in [0.25, 0.3) is 0 Å². The number of carbonyl (C=O) groups excluding carboxylic acids is 1. The Morgan fingerprint density at radius 1 is 1.03 bits per heavy atom. The Kier molecular flexibility index (Phi) is 7.17. The van der Waals surface area contributed by atoms with E-state index in [9.17, 15) is 4.79 Å². The van der Waals surface area contributed by atoms with Crippen LogP contribution < -0.4 is 11.1 Å². The first kappa shape index (κ1) is 21.7. The summed E-state index contributed by atoms with van der Waals surface area (Å²) < 4.78 is 1.15. The van der Waals surface area contributed by atoms with Gasteiger partial charge < -0.3 is 11.1 Å². The standard InChI is InChI=1S/C25H27IN4O/c26-20-10-6-18(7-11-20)15-24(31)30-25-22(14-17-4-2-1-3-5-17)29-23(16-28-25)19-8-12-21(27)13-9-19/h6-13,16-17H,1-5,14-15,27H2,(H,28,30,31). The van der Waals surface area contributed by atoms with E-state index in [1.807, 2.05) is 48.5 Å². The minimum atomic E-state index is -0.0689. The lowest BCUT2D eigenvalue weighted by Crippen LogP contribution is -2.19. The van der Waals surface area contributed by atoms with Crippen LogP contribution in [0.4, 0.5) is 11.5 Å². The van der Waals surface area contributed by atoms with Gasteiger partial charge in [0.2, 0.25) is 5.91 Å². The quantitative estimate of drug-likeness (QED) is 0.322. The molecule has 6 heteroatoms. The Morgan fingerprint density at radius 3 is 2.45 bits per heavy atom. The van der Waals surface area contributed by atoms with Crippen molar-refractivity contribution in [1.82, 2.24) is 9.97 Å². The number of nitrogens with two attached hydrogens (primary N) is 1. The number of halogens is 1. The van der Waals surface area contributed by atoms with E-state index < -0.39 is 0 Å². The van der Waals surface area contributed by atoms with E-state index in [2.05, 4.69) is 32.9 Å². The number of amides is 1. The maximum atomic E-state index is 12.7. The van der Waals surface area contributed by atoms with E-state index >= 15 is 0 Å². The van der Waals surface area contributed by atoms with Crippen molar-refractivity contribution in [3.05, 3.63) is 69.6 Å². The first-order valence-electron chi connectivity index (χ1n) is 10.8. The van der Waals surface area contributed by atoms with Gasteiger partial charge in [-0.3, -0.25) is 4.79 Å². The summed E-state index contributed by atoms with van der Waals surface area (Å²) in [6.07, 6.45) is 9.17. The van der Waals surface area contributed by atoms with Crippen molar-refractivity contribution in [3.8, 4) is 11.3 Å². The number of nitrogen functional groups attached to an aromatic ring is 1. The summed E-state index contributed by atoms with van der Waals surface area (Å²) in [6, 6.07) is 15.7. The van der Waals surface area contributed by atoms with Crippen molar-refractivity contribution in [2.75, 3.05) is 11.1 Å². The number of hydrogen-bond acceptors (Lipinski definition) is 4. The fraction of sp³-hybridized carbons (Fsp3) is 0.320. The number of benzene rings is 2. The van der Waals surface area contributed by atoms with Crippen LogP contribution in [-0.4, -0.2) is 15.9 Å². The molecule has 0 unspecified atom stereocenters. The third-order valence-corrected chi connectivity index (χ3v) is 6.51. The molecule has 1 saturated carbocycles. The van der Waals surface area contributed by atoms with Gasteiger partial charge in [-0.2, -0.15) is 0 Å². The minimum absolute atomic E-state index is 0.0689. The molecular formula is C25H27IN4O. The highest BCUT2D eigenvalue weighted by molar-refractivity contribution is 14.1. The number of rotatable bonds is 6. The highest BCUT2D eigenvalue weighted by atomic mass is 127. The molecule has 0 spiro atoms. The van der Waals surface area contributed by atoms with Crippen LogP contribution in [0.1, 0.15) is 43.4 Å². The highest BCUT2D eigenvalue weighted by Crippen LogP contribution is 2.29. The molecular weight excluding hydrogens is 499 g/mol. The van der Waals surface area contributed by atoms with Crippen molar-refractivity contribution >= 4 is 40.0 Å². The number of anilines is 2. The van der Waals surface area contributed by atoms with E-state index in [1.165, 1.54) is 32.1 Å². The highest BCUT2D eigenvalue weighted by Gasteiger charge is 2.19. The molecule has 5 nitrogen and oxygen atoms in total. The van der Waals surface area contributed by atoms with Crippen LogP contribution in [0.5, 0.6) is 0 Å². The van der Waals surface area contributed by atoms with E-state index in [0.29, 0.717) is 18.2 Å². The molecule has 0 atom stereocenters. The van der Waals surface area contributed by atoms with Gasteiger partial charge in [0.05, 0.1) is 24.0 Å². The van der Waals surface area contributed by atoms with Gasteiger partial charge in [-0.25, -0.2) is 9.97 Å². The largest absolute Gasteiger partial charge is 0.399 e. The van der Waals surface area contributed by atoms with Gasteiger partial charge in [-0.05, 0) is 64.8 Å². The Hall–Kier alpha value is -2.48. The Labute approximate surface area is 197 Å². The average Bonchev–Trinajstić information content (AvgIpc) is 2.78. The molecule has 4 rings (SSSR count). The third kappa shape index (κ3) is 6.03. The predicted octanol–water partition coefficient (Wildman–Crippen LogP) is 5.63. The predicted molar refractivity (Wildman–Crippen MR) is 134 cm³/mol. The van der Waals surface area contributed by atoms with Crippen LogP contribution in [0.2, 0.25) is 0 Å². The van der Waals surface area contributed by atoms with E-state index in [1.54, 1.807) is 6.20 Å². The number of hydrogen-bond donors (Lipinski definition) is 2. The summed E-state index contributed by atoms with van der Waals surface area (Å²) in [6.45, 7) is 0. The monoisotopic (exact) mass is 526 g/mol. The minimum Gasteiger partial charge on any atom is -0.399 e. The second-order valence-electron chi connectivity index (χ2n) is 8.23. The zero-order valence-corrected chi connectivity index (χ0v) is 19.6. The summed E-state index contributed by atoms with van der Waals surface area (Å²) in [5.74, 6) is 1.11. The summed E-state index contributed by atoms with van der Waals surface area (Å²) >= 11 is 2.26. The van der Waals surface area contributed by atoms with Crippen LogP contribution in [0, 0.1) is 9.49 Å². The topological polar surface area (TPSA) is 80.9 Å². The summed E-state index contributed by atoms with van der Waals surface area (Å²) in [5.41, 5.74) is 10.2. The zero-order valence-electron chi connectivity index (χ0n) is 17.5. The third-order valence-electron chi connectivity index (χ3n) is 5.79. The molecule has 0 radical (unpaired) electrons. The molecule has 2 aromatic carbocycles. The zero-order chi connectivity index (χ0) is 21.6. The molecule has 0 saturated heterocycles. The van der Waals surface area contributed by atoms with Crippen LogP contribution in [0.25, 0.3) is 11.3 Å². The van der Waals surface area contributed by atoms with Gasteiger partial charge in [0.1, 0.15) is 0 Å². The van der Waals surface area contributed by atoms with Crippen LogP contribution in [-0.2, 0) is 17.6 Å². The van der Waals surface area contributed by atoms with E-state index in [4.69, 9.17) is 10.7 Å². The first-order chi connectivity index (χ1) is 15.1. The second kappa shape index (κ2) is 10.2. The van der Waals surface area contributed by atoms with Crippen molar-refractivity contribution in [2.24, 2.45) is 5.92 Å². The Bertz CT molecular complexity index is 1030. The Morgan fingerprint density at radius 2 is 1.74 bits per heavy atom. The first-order valence-corrected chi connectivity index (χ1v) is 11.9. The molecule has 1 amide bonds. The van der Waals surface area contributed by atoms with Gasteiger partial charge in [0, 0.05) is 14.8 Å². The molecule has 160 valence electrons. The van der Waals surface area contributed by atoms with Crippen molar-refractivity contribution < 1.29 is 4.79 Å². The number of carbonyl (C=O) groups is 1. The van der Waals surface area contributed by atoms with Gasteiger partial charge in [-0.15, -0.1) is 0 Å². The normalized spacial score (nSPS) is 14.4. The van der Waals surface area contributed by atoms with Gasteiger partial charge in [0.15, 0.2) is 5.82 Å². The van der Waals surface area contributed by atoms with Crippen molar-refractivity contribution in [1.29, 1.82) is 0 Å². The molecule has 0 aliphatic heterocycles. The van der Waals surface area contributed by atoms with Gasteiger partial charge in [-0.1, -0.05) is 56.4 Å². The number of nitrogens with zero attached hydrogens (tertiary/aromatic N) is 2. The van der Waals surface area contributed by atoms with E-state index in [-0.39, 0.29) is 5.91 Å². The maximum absolute atomic E-state index is 12.7. The molecule has 3 aromatic rings. The molecule has 1 aromatic heterocycles. The van der Waals surface area contributed by atoms with Gasteiger partial charge >= 0.3 is 0 Å². The summed E-state index contributed by atoms with van der Waals surface area (Å²) in [7, 11) is 0. The second-order valence-corrected chi connectivity index (χ2v) is 9.48. The lowest BCUT2D eigenvalue weighted by molar-refractivity contribution is -0.115. The molecule has 31 heavy (non-hydrogen) atoms. The van der Waals surface area contributed by atoms with E-state index in [0.717, 1.165) is 38.2 Å². The lowest BCUT2D eigenvalue weighted by atomic mass is 9.86. The van der Waals surface area contributed by atoms with Crippen molar-refractivity contribution in [2.45, 2.75) is 44.9 Å². The summed E-state index contributed by atoms with van der Waals surface area (Å²) in [5, 5.41) is 3.02. The molecule has 1 heterocycles. The lowest BCUT2D eigenvalue weighted by Gasteiger charge is -2.22. The van der Waals surface area contributed by atoms with Crippen LogP contribution in [0.3, 0.4) is 0 Å². The van der Waals surface area contributed by atoms with Crippen LogP contribution in [0.15, 0.2) is 54.7 Å². The molecule has 1 fully saturated rings. The Balaban J connectivity index is 1.56. The fourth-order valence-corrected chi connectivity index (χ4v) is 4.46. The molecule has 1 aliphatic carbocycles. The van der Waals surface area contributed by atoms with Crippen molar-refractivity contribution in [3.63, 3.8) is 0 Å². The number of nitrogens with one attached hydrogen (secondary N) is 1. The molecule has 3 N–H and O–H groups in total. The molecule has 0 bridgehead atoms. The number of aromatic nitrogens is 2. The maximum Gasteiger partial charge on any atom is 0.229 e. The molecule has 1 aliphatic rings.